The molecule has 0 atom stereocenters. The van der Waals surface area contributed by atoms with Crippen LogP contribution >= 0.6 is 0 Å². The third-order valence-corrected chi connectivity index (χ3v) is 7.30. The maximum absolute atomic E-state index is 15.3. The van der Waals surface area contributed by atoms with Crippen LogP contribution in [0.3, 0.4) is 0 Å². The summed E-state index contributed by atoms with van der Waals surface area (Å²) >= 11 is -0.0263. The first-order valence-corrected chi connectivity index (χ1v) is 9.69. The van der Waals surface area contributed by atoms with Gasteiger partial charge >= 0.3 is 146 Å². The second-order valence-corrected chi connectivity index (χ2v) is 8.49. The average molecular weight is 379 g/mol. The number of para-hydroxylation sites is 1. The van der Waals surface area contributed by atoms with Crippen LogP contribution in [0, 0.1) is 12.7 Å². The van der Waals surface area contributed by atoms with Crippen LogP contribution in [0.2, 0.25) is 0 Å². The molecule has 0 amide bonds. The summed E-state index contributed by atoms with van der Waals surface area (Å²) in [6, 6.07) is 18.5. The van der Waals surface area contributed by atoms with Gasteiger partial charge in [-0.25, -0.2) is 0 Å². The summed E-state index contributed by atoms with van der Waals surface area (Å²) in [5.41, 5.74) is 4.39. The van der Waals surface area contributed by atoms with E-state index in [0.29, 0.717) is 5.39 Å². The van der Waals surface area contributed by atoms with Crippen LogP contribution in [0.5, 0.6) is 0 Å². The Morgan fingerprint density at radius 3 is 2.67 bits per heavy atom. The molecule has 3 aromatic carbocycles. The van der Waals surface area contributed by atoms with Gasteiger partial charge in [0.1, 0.15) is 0 Å². The van der Waals surface area contributed by atoms with Crippen molar-refractivity contribution in [2.24, 2.45) is 7.05 Å². The Hall–Kier alpha value is -2.22. The Labute approximate surface area is 145 Å². The Kier molecular flexibility index (Phi) is 2.88. The van der Waals surface area contributed by atoms with Crippen LogP contribution < -0.4 is 13.5 Å². The zero-order valence-corrected chi connectivity index (χ0v) is 15.1. The van der Waals surface area contributed by atoms with Gasteiger partial charge in [-0.3, -0.25) is 0 Å². The molecule has 1 nitrogen and oxygen atoms in total. The molecule has 0 unspecified atom stereocenters. The monoisotopic (exact) mass is 380 g/mol. The van der Waals surface area contributed by atoms with Crippen molar-refractivity contribution in [3.63, 3.8) is 0 Å². The Balaban J connectivity index is 2.06. The standard InChI is InChI=1S/C21H15FNSe/c1-12-10-11-13-6-5-9-16-18(13)17(12)20-21(24-16)19(22)14-7-3-4-8-15(14)23(20)2/h3-11H,1-2H3/q+1. The molecule has 1 aromatic heterocycles. The molecular weight excluding hydrogens is 364 g/mol. The molecule has 24 heavy (non-hydrogen) atoms. The number of hydrogen-bond acceptors (Lipinski definition) is 0. The van der Waals surface area contributed by atoms with E-state index < -0.39 is 0 Å². The number of halogens is 1. The zero-order chi connectivity index (χ0) is 16.4. The molecule has 0 radical (unpaired) electrons. The van der Waals surface area contributed by atoms with E-state index in [1.54, 1.807) is 0 Å². The second-order valence-electron chi connectivity index (χ2n) is 6.28. The molecule has 0 aliphatic carbocycles. The van der Waals surface area contributed by atoms with E-state index in [1.807, 2.05) is 24.3 Å². The molecule has 1 aliphatic heterocycles. The summed E-state index contributed by atoms with van der Waals surface area (Å²) in [6.07, 6.45) is 0. The predicted octanol–water partition coefficient (Wildman–Crippen LogP) is 2.90. The van der Waals surface area contributed by atoms with E-state index in [4.69, 9.17) is 0 Å². The third-order valence-electron chi connectivity index (χ3n) is 4.92. The molecule has 0 saturated carbocycles. The summed E-state index contributed by atoms with van der Waals surface area (Å²) < 4.78 is 19.7. The quantitative estimate of drug-likeness (QED) is 0.288. The zero-order valence-electron chi connectivity index (χ0n) is 13.4. The Morgan fingerprint density at radius 2 is 1.79 bits per heavy atom. The van der Waals surface area contributed by atoms with E-state index in [9.17, 15) is 0 Å². The molecule has 0 saturated heterocycles. The first-order valence-electron chi connectivity index (χ1n) is 7.97. The fraction of sp³-hybridized carbons (Fsp3) is 0.0952. The van der Waals surface area contributed by atoms with E-state index in [2.05, 4.69) is 48.9 Å². The summed E-state index contributed by atoms with van der Waals surface area (Å²) in [5.74, 6) is -0.0513. The van der Waals surface area contributed by atoms with Gasteiger partial charge in [0, 0.05) is 0 Å². The van der Waals surface area contributed by atoms with Crippen LogP contribution in [0.1, 0.15) is 5.56 Å². The molecule has 0 spiro atoms. The minimum absolute atomic E-state index is 0.0263. The van der Waals surface area contributed by atoms with Gasteiger partial charge in [0.25, 0.3) is 0 Å². The fourth-order valence-corrected chi connectivity index (χ4v) is 6.34. The molecular formula is C21H15FNSe+. The van der Waals surface area contributed by atoms with Crippen LogP contribution in [0.25, 0.3) is 32.9 Å². The van der Waals surface area contributed by atoms with Crippen molar-refractivity contribution in [1.82, 2.24) is 0 Å². The van der Waals surface area contributed by atoms with Gasteiger partial charge < -0.3 is 0 Å². The van der Waals surface area contributed by atoms with Crippen LogP contribution in [-0.2, 0) is 7.05 Å². The van der Waals surface area contributed by atoms with Crippen molar-refractivity contribution >= 4 is 45.6 Å². The Morgan fingerprint density at radius 1 is 0.958 bits per heavy atom. The molecule has 1 aliphatic rings. The van der Waals surface area contributed by atoms with E-state index in [1.165, 1.54) is 26.4 Å². The van der Waals surface area contributed by atoms with Crippen molar-refractivity contribution in [1.29, 1.82) is 0 Å². The second kappa shape index (κ2) is 4.89. The normalized spacial score (nSPS) is 12.6. The number of pyridine rings is 1. The van der Waals surface area contributed by atoms with Crippen LogP contribution in [0.4, 0.5) is 4.39 Å². The maximum atomic E-state index is 15.3. The van der Waals surface area contributed by atoms with Crippen molar-refractivity contribution in [3.8, 4) is 11.3 Å². The van der Waals surface area contributed by atoms with Gasteiger partial charge in [-0.15, -0.1) is 0 Å². The third kappa shape index (κ3) is 1.71. The molecule has 3 heteroatoms. The summed E-state index contributed by atoms with van der Waals surface area (Å²) in [5, 5.41) is 3.26. The average Bonchev–Trinajstić information content (AvgIpc) is 2.62. The van der Waals surface area contributed by atoms with Crippen molar-refractivity contribution in [2.75, 3.05) is 0 Å². The van der Waals surface area contributed by atoms with Gasteiger partial charge in [0.15, 0.2) is 0 Å². The van der Waals surface area contributed by atoms with E-state index in [-0.39, 0.29) is 20.8 Å². The number of aromatic nitrogens is 1. The van der Waals surface area contributed by atoms with Crippen molar-refractivity contribution in [3.05, 3.63) is 66.0 Å². The van der Waals surface area contributed by atoms with Gasteiger partial charge in [0.2, 0.25) is 0 Å². The first-order chi connectivity index (χ1) is 11.7. The SMILES string of the molecule is Cc1ccc2cccc3c2c1-c1c(c(F)c2ccccc2[n+]1C)[Se]3. The van der Waals surface area contributed by atoms with Crippen LogP contribution in [0.15, 0.2) is 54.6 Å². The molecule has 0 fully saturated rings. The van der Waals surface area contributed by atoms with Gasteiger partial charge in [-0.05, 0) is 0 Å². The summed E-state index contributed by atoms with van der Waals surface area (Å²) in [6.45, 7) is 2.13. The molecule has 2 heterocycles. The number of rotatable bonds is 0. The molecule has 5 rings (SSSR count). The van der Waals surface area contributed by atoms with Gasteiger partial charge in [-0.1, -0.05) is 0 Å². The molecule has 116 valence electrons. The fourth-order valence-electron chi connectivity index (χ4n) is 3.78. The van der Waals surface area contributed by atoms with Crippen molar-refractivity contribution in [2.45, 2.75) is 6.92 Å². The summed E-state index contributed by atoms with van der Waals surface area (Å²) in [7, 11) is 2.06. The van der Waals surface area contributed by atoms with E-state index in [0.717, 1.165) is 15.7 Å². The number of benzene rings is 3. The number of fused-ring (bicyclic) bond motifs is 3. The van der Waals surface area contributed by atoms with Crippen molar-refractivity contribution < 1.29 is 8.96 Å². The number of hydrogen-bond donors (Lipinski definition) is 0. The van der Waals surface area contributed by atoms with Gasteiger partial charge in [0.05, 0.1) is 0 Å². The Bertz CT molecular complexity index is 1160. The topological polar surface area (TPSA) is 3.88 Å². The van der Waals surface area contributed by atoms with Gasteiger partial charge in [-0.2, -0.15) is 0 Å². The number of nitrogens with zero attached hydrogens (tertiary/aromatic N) is 1. The molecule has 0 N–H and O–H groups in total. The molecule has 4 aromatic rings. The number of aryl methyl sites for hydroxylation is 2. The minimum atomic E-state index is -0.0513. The van der Waals surface area contributed by atoms with E-state index >= 15 is 4.39 Å². The predicted molar refractivity (Wildman–Crippen MR) is 97.8 cm³/mol. The molecule has 0 bridgehead atoms. The first kappa shape index (κ1) is 14.2. The summed E-state index contributed by atoms with van der Waals surface area (Å²) in [4.78, 5) is 0. The van der Waals surface area contributed by atoms with Crippen LogP contribution in [-0.4, -0.2) is 15.0 Å².